The van der Waals surface area contributed by atoms with Crippen LogP contribution in [-0.2, 0) is 10.0 Å². The van der Waals surface area contributed by atoms with Gasteiger partial charge in [-0.3, -0.25) is 4.79 Å². The van der Waals surface area contributed by atoms with E-state index in [2.05, 4.69) is 0 Å². The van der Waals surface area contributed by atoms with Crippen molar-refractivity contribution in [1.82, 2.24) is 4.72 Å². The monoisotopic (exact) mass is 228 g/mol. The Morgan fingerprint density at radius 3 is 2.53 bits per heavy atom. The van der Waals surface area contributed by atoms with Crippen molar-refractivity contribution in [1.29, 1.82) is 0 Å². The Kier molecular flexibility index (Phi) is 2.99. The average molecular weight is 228 g/mol. The molecule has 0 saturated heterocycles. The van der Waals surface area contributed by atoms with Crippen molar-refractivity contribution in [3.63, 3.8) is 0 Å². The molecule has 1 rings (SSSR count). The summed E-state index contributed by atoms with van der Waals surface area (Å²) >= 11 is 0. The lowest BCUT2D eigenvalue weighted by molar-refractivity contribution is 0.0981. The Morgan fingerprint density at radius 1 is 1.40 bits per heavy atom. The molecule has 5 nitrogen and oxygen atoms in total. The summed E-state index contributed by atoms with van der Waals surface area (Å²) < 4.78 is 23.6. The van der Waals surface area contributed by atoms with E-state index in [0.717, 1.165) is 6.26 Å². The van der Waals surface area contributed by atoms with E-state index < -0.39 is 15.9 Å². The number of nitrogen functional groups attached to an aromatic ring is 1. The predicted molar refractivity (Wildman–Crippen MR) is 57.9 cm³/mol. The number of rotatable bonds is 2. The van der Waals surface area contributed by atoms with Crippen LogP contribution in [0.25, 0.3) is 0 Å². The van der Waals surface area contributed by atoms with Crippen LogP contribution in [0.2, 0.25) is 0 Å². The van der Waals surface area contributed by atoms with Gasteiger partial charge >= 0.3 is 0 Å². The summed E-state index contributed by atoms with van der Waals surface area (Å²) in [5.41, 5.74) is 6.85. The molecule has 0 aromatic heterocycles. The molecule has 82 valence electrons. The second kappa shape index (κ2) is 3.90. The van der Waals surface area contributed by atoms with E-state index >= 15 is 0 Å². The third kappa shape index (κ3) is 3.25. The molecule has 0 aliphatic heterocycles. The summed E-state index contributed by atoms with van der Waals surface area (Å²) in [6, 6.07) is 4.74. The number of amides is 1. The van der Waals surface area contributed by atoms with Crippen LogP contribution < -0.4 is 10.5 Å². The van der Waals surface area contributed by atoms with Crippen molar-refractivity contribution < 1.29 is 13.2 Å². The van der Waals surface area contributed by atoms with Crippen LogP contribution in [0.4, 0.5) is 5.69 Å². The lowest BCUT2D eigenvalue weighted by atomic mass is 10.1. The van der Waals surface area contributed by atoms with Gasteiger partial charge in [-0.15, -0.1) is 0 Å². The SMILES string of the molecule is Cc1ccc(N)cc1C(=O)NS(C)(=O)=O. The van der Waals surface area contributed by atoms with E-state index in [0.29, 0.717) is 11.3 Å². The fourth-order valence-electron chi connectivity index (χ4n) is 1.11. The summed E-state index contributed by atoms with van der Waals surface area (Å²) in [5.74, 6) is -0.665. The first-order valence-electron chi connectivity index (χ1n) is 4.18. The molecule has 1 amide bonds. The highest BCUT2D eigenvalue weighted by molar-refractivity contribution is 7.89. The van der Waals surface area contributed by atoms with Gasteiger partial charge < -0.3 is 5.73 Å². The summed E-state index contributed by atoms with van der Waals surface area (Å²) in [4.78, 5) is 11.5. The zero-order valence-electron chi connectivity index (χ0n) is 8.44. The number of hydrogen-bond donors (Lipinski definition) is 2. The molecule has 0 saturated carbocycles. The molecule has 0 spiro atoms. The number of carbonyl (C=O) groups excluding carboxylic acids is 1. The van der Waals surface area contributed by atoms with Crippen LogP contribution >= 0.6 is 0 Å². The second-order valence-corrected chi connectivity index (χ2v) is 5.03. The van der Waals surface area contributed by atoms with E-state index in [1.807, 2.05) is 4.72 Å². The predicted octanol–water partition coefficient (Wildman–Crippen LogP) is 0.267. The Labute approximate surface area is 88.3 Å². The number of carbonyl (C=O) groups is 1. The summed E-state index contributed by atoms with van der Waals surface area (Å²) in [7, 11) is -3.54. The molecule has 3 N–H and O–H groups in total. The molecule has 0 aliphatic rings. The molecule has 0 heterocycles. The van der Waals surface area contributed by atoms with Crippen LogP contribution in [0.5, 0.6) is 0 Å². The van der Waals surface area contributed by atoms with Crippen molar-refractivity contribution in [2.24, 2.45) is 0 Å². The second-order valence-electron chi connectivity index (χ2n) is 3.28. The lowest BCUT2D eigenvalue weighted by Crippen LogP contribution is -2.29. The van der Waals surface area contributed by atoms with E-state index in [1.54, 1.807) is 19.1 Å². The molecule has 1 aromatic carbocycles. The number of nitrogens with two attached hydrogens (primary N) is 1. The van der Waals surface area contributed by atoms with Crippen LogP contribution in [0, 0.1) is 6.92 Å². The minimum atomic E-state index is -3.54. The summed E-state index contributed by atoms with van der Waals surface area (Å²) in [5, 5.41) is 0. The largest absolute Gasteiger partial charge is 0.399 e. The van der Waals surface area contributed by atoms with Crippen LogP contribution in [-0.4, -0.2) is 20.6 Å². The molecular weight excluding hydrogens is 216 g/mol. The molecule has 0 aliphatic carbocycles. The van der Waals surface area contributed by atoms with Crippen molar-refractivity contribution in [2.75, 3.05) is 12.0 Å². The fourth-order valence-corrected chi connectivity index (χ4v) is 1.55. The van der Waals surface area contributed by atoms with Crippen molar-refractivity contribution in [3.05, 3.63) is 29.3 Å². The maximum absolute atomic E-state index is 11.5. The average Bonchev–Trinajstić information content (AvgIpc) is 2.06. The molecule has 0 fully saturated rings. The first-order valence-corrected chi connectivity index (χ1v) is 6.07. The number of nitrogens with one attached hydrogen (secondary N) is 1. The van der Waals surface area contributed by atoms with Gasteiger partial charge in [-0.05, 0) is 24.6 Å². The number of anilines is 1. The Bertz CT molecular complexity index is 494. The molecule has 0 bridgehead atoms. The van der Waals surface area contributed by atoms with Crippen molar-refractivity contribution in [2.45, 2.75) is 6.92 Å². The smallest absolute Gasteiger partial charge is 0.265 e. The molecule has 0 atom stereocenters. The molecule has 0 unspecified atom stereocenters. The van der Waals surface area contributed by atoms with Gasteiger partial charge in [0.1, 0.15) is 0 Å². The van der Waals surface area contributed by atoms with Crippen LogP contribution in [0.3, 0.4) is 0 Å². The Hall–Kier alpha value is -1.56. The topological polar surface area (TPSA) is 89.3 Å². The molecule has 1 aromatic rings. The van der Waals surface area contributed by atoms with Gasteiger partial charge in [0.2, 0.25) is 10.0 Å². The maximum atomic E-state index is 11.5. The minimum Gasteiger partial charge on any atom is -0.399 e. The molecule has 15 heavy (non-hydrogen) atoms. The number of hydrogen-bond acceptors (Lipinski definition) is 4. The van der Waals surface area contributed by atoms with Crippen LogP contribution in [0.15, 0.2) is 18.2 Å². The van der Waals surface area contributed by atoms with Gasteiger partial charge in [0.15, 0.2) is 0 Å². The first kappa shape index (κ1) is 11.5. The molecule has 6 heteroatoms. The summed E-state index contributed by atoms with van der Waals surface area (Å²) in [6.45, 7) is 1.70. The molecular formula is C9H12N2O3S. The fraction of sp³-hybridized carbons (Fsp3) is 0.222. The van der Waals surface area contributed by atoms with E-state index in [-0.39, 0.29) is 5.56 Å². The van der Waals surface area contributed by atoms with Gasteiger partial charge in [-0.25, -0.2) is 13.1 Å². The summed E-state index contributed by atoms with van der Waals surface area (Å²) in [6.07, 6.45) is 0.923. The quantitative estimate of drug-likeness (QED) is 0.711. The maximum Gasteiger partial charge on any atom is 0.265 e. The van der Waals surface area contributed by atoms with Crippen molar-refractivity contribution >= 4 is 21.6 Å². The number of aryl methyl sites for hydroxylation is 1. The van der Waals surface area contributed by atoms with Gasteiger partial charge in [0, 0.05) is 11.3 Å². The number of sulfonamides is 1. The van der Waals surface area contributed by atoms with Gasteiger partial charge in [-0.1, -0.05) is 6.07 Å². The van der Waals surface area contributed by atoms with Gasteiger partial charge in [0.05, 0.1) is 6.26 Å². The van der Waals surface area contributed by atoms with Crippen molar-refractivity contribution in [3.8, 4) is 0 Å². The number of benzene rings is 1. The first-order chi connectivity index (χ1) is 6.79. The zero-order valence-corrected chi connectivity index (χ0v) is 9.26. The van der Waals surface area contributed by atoms with E-state index in [1.165, 1.54) is 6.07 Å². The lowest BCUT2D eigenvalue weighted by Gasteiger charge is -2.06. The van der Waals surface area contributed by atoms with E-state index in [4.69, 9.17) is 5.73 Å². The highest BCUT2D eigenvalue weighted by Gasteiger charge is 2.13. The highest BCUT2D eigenvalue weighted by atomic mass is 32.2. The standard InChI is InChI=1S/C9H12N2O3S/c1-6-3-4-7(10)5-8(6)9(12)11-15(2,13)14/h3-5H,10H2,1-2H3,(H,11,12). The third-order valence-corrected chi connectivity index (χ3v) is 2.34. The van der Waals surface area contributed by atoms with Gasteiger partial charge in [-0.2, -0.15) is 0 Å². The van der Waals surface area contributed by atoms with Gasteiger partial charge in [0.25, 0.3) is 5.91 Å². The normalized spacial score (nSPS) is 11.1. The minimum absolute atomic E-state index is 0.264. The Morgan fingerprint density at radius 2 is 2.00 bits per heavy atom. The highest BCUT2D eigenvalue weighted by Crippen LogP contribution is 2.12. The third-order valence-electron chi connectivity index (χ3n) is 1.78. The van der Waals surface area contributed by atoms with E-state index in [9.17, 15) is 13.2 Å². The zero-order chi connectivity index (χ0) is 11.6. The molecule has 0 radical (unpaired) electrons. The Balaban J connectivity index is 3.06. The van der Waals surface area contributed by atoms with Crippen LogP contribution in [0.1, 0.15) is 15.9 Å².